The van der Waals surface area contributed by atoms with Gasteiger partial charge in [-0.05, 0) is 19.1 Å². The van der Waals surface area contributed by atoms with Crippen molar-refractivity contribution in [2.45, 2.75) is 13.5 Å². The van der Waals surface area contributed by atoms with Gasteiger partial charge in [0.25, 0.3) is 5.69 Å². The second kappa shape index (κ2) is 4.34. The van der Waals surface area contributed by atoms with Gasteiger partial charge in [-0.15, -0.1) is 0 Å². The molecule has 1 heterocycles. The zero-order valence-corrected chi connectivity index (χ0v) is 9.08. The Balaban J connectivity index is 2.43. The Kier molecular flexibility index (Phi) is 2.88. The van der Waals surface area contributed by atoms with Gasteiger partial charge in [-0.3, -0.25) is 10.1 Å². The monoisotopic (exact) mass is 234 g/mol. The quantitative estimate of drug-likeness (QED) is 0.648. The molecule has 6 nitrogen and oxygen atoms in total. The molecule has 6 heteroatoms. The summed E-state index contributed by atoms with van der Waals surface area (Å²) in [7, 11) is 0. The minimum absolute atomic E-state index is 0.0134. The second-order valence-electron chi connectivity index (χ2n) is 3.53. The molecule has 17 heavy (non-hydrogen) atoms. The highest BCUT2D eigenvalue weighted by atomic mass is 16.6. The van der Waals surface area contributed by atoms with Gasteiger partial charge in [0, 0.05) is 23.3 Å². The van der Waals surface area contributed by atoms with Crippen LogP contribution in [0.5, 0.6) is 0 Å². The molecule has 0 aliphatic heterocycles. The summed E-state index contributed by atoms with van der Waals surface area (Å²) in [5.41, 5.74) is 1.80. The van der Waals surface area contributed by atoms with Crippen molar-refractivity contribution in [3.63, 3.8) is 0 Å². The van der Waals surface area contributed by atoms with Crippen molar-refractivity contribution in [3.8, 4) is 11.3 Å². The van der Waals surface area contributed by atoms with Crippen LogP contribution in [-0.2, 0) is 6.61 Å². The maximum Gasteiger partial charge on any atom is 0.269 e. The predicted octanol–water partition coefficient (Wildman–Crippen LogP) is 2.05. The average molecular weight is 234 g/mol. The molecule has 0 atom stereocenters. The van der Waals surface area contributed by atoms with E-state index in [1.165, 1.54) is 12.1 Å². The summed E-state index contributed by atoms with van der Waals surface area (Å²) in [4.78, 5) is 10.0. The van der Waals surface area contributed by atoms with Crippen molar-refractivity contribution in [2.75, 3.05) is 0 Å². The van der Waals surface area contributed by atoms with Gasteiger partial charge in [0.1, 0.15) is 11.5 Å². The van der Waals surface area contributed by atoms with Crippen LogP contribution in [0, 0.1) is 17.0 Å². The van der Waals surface area contributed by atoms with E-state index in [9.17, 15) is 15.2 Å². The number of non-ortho nitro benzene ring substituents is 1. The van der Waals surface area contributed by atoms with Gasteiger partial charge in [-0.25, -0.2) is 0 Å². The molecule has 0 unspecified atom stereocenters. The van der Waals surface area contributed by atoms with E-state index in [1.807, 2.05) is 0 Å². The molecule has 0 amide bonds. The molecule has 0 saturated carbocycles. The zero-order valence-electron chi connectivity index (χ0n) is 9.08. The molecule has 2 rings (SSSR count). The summed E-state index contributed by atoms with van der Waals surface area (Å²) < 4.78 is 4.97. The molecule has 88 valence electrons. The van der Waals surface area contributed by atoms with Gasteiger partial charge in [0.05, 0.1) is 11.5 Å². The molecule has 0 fully saturated rings. The van der Waals surface area contributed by atoms with Crippen LogP contribution in [0.3, 0.4) is 0 Å². The van der Waals surface area contributed by atoms with E-state index in [1.54, 1.807) is 19.1 Å². The van der Waals surface area contributed by atoms with E-state index < -0.39 is 4.92 Å². The normalized spacial score (nSPS) is 10.5. The van der Waals surface area contributed by atoms with Crippen LogP contribution in [0.25, 0.3) is 11.3 Å². The SMILES string of the molecule is Cc1onc(-c2ccc([N+](=O)[O-])cc2)c1CO. The standard InChI is InChI=1S/C11H10N2O4/c1-7-10(6-14)11(12-17-7)8-2-4-9(5-3-8)13(15)16/h2-5,14H,6H2,1H3. The number of rotatable bonds is 3. The molecule has 1 N–H and O–H groups in total. The van der Waals surface area contributed by atoms with E-state index in [4.69, 9.17) is 4.52 Å². The van der Waals surface area contributed by atoms with Crippen molar-refractivity contribution < 1.29 is 14.6 Å². The van der Waals surface area contributed by atoms with Gasteiger partial charge in [0.2, 0.25) is 0 Å². The molecule has 0 spiro atoms. The number of hydrogen-bond donors (Lipinski definition) is 1. The van der Waals surface area contributed by atoms with Crippen molar-refractivity contribution in [3.05, 3.63) is 45.7 Å². The highest BCUT2D eigenvalue weighted by Gasteiger charge is 2.14. The minimum atomic E-state index is -0.467. The van der Waals surface area contributed by atoms with E-state index in [2.05, 4.69) is 5.16 Å². The third-order valence-electron chi connectivity index (χ3n) is 2.49. The number of nitro groups is 1. The molecular weight excluding hydrogens is 224 g/mol. The Hall–Kier alpha value is -2.21. The van der Waals surface area contributed by atoms with Crippen LogP contribution in [0.1, 0.15) is 11.3 Å². The maximum atomic E-state index is 10.5. The minimum Gasteiger partial charge on any atom is -0.391 e. The summed E-state index contributed by atoms with van der Waals surface area (Å²) in [5, 5.41) is 23.5. The van der Waals surface area contributed by atoms with Crippen molar-refractivity contribution in [2.24, 2.45) is 0 Å². The van der Waals surface area contributed by atoms with Crippen LogP contribution in [0.4, 0.5) is 5.69 Å². The predicted molar refractivity (Wildman–Crippen MR) is 59.3 cm³/mol. The highest BCUT2D eigenvalue weighted by molar-refractivity contribution is 5.64. The highest BCUT2D eigenvalue weighted by Crippen LogP contribution is 2.26. The largest absolute Gasteiger partial charge is 0.391 e. The first-order valence-electron chi connectivity index (χ1n) is 4.94. The fourth-order valence-electron chi connectivity index (χ4n) is 1.55. The Morgan fingerprint density at radius 2 is 2.06 bits per heavy atom. The van der Waals surface area contributed by atoms with Crippen LogP contribution in [0.15, 0.2) is 28.8 Å². The number of nitrogens with zero attached hydrogens (tertiary/aromatic N) is 2. The van der Waals surface area contributed by atoms with Crippen molar-refractivity contribution in [1.82, 2.24) is 5.16 Å². The average Bonchev–Trinajstić information content (AvgIpc) is 2.70. The summed E-state index contributed by atoms with van der Waals surface area (Å²) >= 11 is 0. The van der Waals surface area contributed by atoms with Crippen LogP contribution in [0.2, 0.25) is 0 Å². The number of benzene rings is 1. The first-order valence-corrected chi connectivity index (χ1v) is 4.94. The third-order valence-corrected chi connectivity index (χ3v) is 2.49. The molecular formula is C11H10N2O4. The Morgan fingerprint density at radius 3 is 2.59 bits per heavy atom. The number of aliphatic hydroxyl groups excluding tert-OH is 1. The molecule has 0 radical (unpaired) electrons. The number of hydrogen-bond acceptors (Lipinski definition) is 5. The second-order valence-corrected chi connectivity index (χ2v) is 3.53. The zero-order chi connectivity index (χ0) is 12.4. The molecule has 0 saturated heterocycles. The van der Waals surface area contributed by atoms with Crippen molar-refractivity contribution in [1.29, 1.82) is 0 Å². The smallest absolute Gasteiger partial charge is 0.269 e. The molecule has 0 aliphatic rings. The summed E-state index contributed by atoms with van der Waals surface area (Å²) in [6.45, 7) is 1.52. The number of nitro benzene ring substituents is 1. The van der Waals surface area contributed by atoms with Crippen LogP contribution < -0.4 is 0 Å². The Morgan fingerprint density at radius 1 is 1.41 bits per heavy atom. The molecule has 1 aromatic carbocycles. The van der Waals surface area contributed by atoms with Crippen LogP contribution in [-0.4, -0.2) is 15.2 Å². The number of aromatic nitrogens is 1. The summed E-state index contributed by atoms with van der Waals surface area (Å²) in [5.74, 6) is 0.542. The van der Waals surface area contributed by atoms with Gasteiger partial charge < -0.3 is 9.63 Å². The van der Waals surface area contributed by atoms with E-state index in [0.717, 1.165) is 0 Å². The third kappa shape index (κ3) is 2.02. The maximum absolute atomic E-state index is 10.5. The Labute approximate surface area is 96.6 Å². The Bertz CT molecular complexity index is 545. The fourth-order valence-corrected chi connectivity index (χ4v) is 1.55. The molecule has 1 aromatic heterocycles. The lowest BCUT2D eigenvalue weighted by atomic mass is 10.1. The van der Waals surface area contributed by atoms with E-state index in [-0.39, 0.29) is 12.3 Å². The lowest BCUT2D eigenvalue weighted by Gasteiger charge is -1.98. The van der Waals surface area contributed by atoms with E-state index >= 15 is 0 Å². The lowest BCUT2D eigenvalue weighted by molar-refractivity contribution is -0.384. The molecule has 0 bridgehead atoms. The topological polar surface area (TPSA) is 89.4 Å². The summed E-state index contributed by atoms with van der Waals surface area (Å²) in [6, 6.07) is 5.93. The first kappa shape index (κ1) is 11.3. The van der Waals surface area contributed by atoms with Crippen LogP contribution >= 0.6 is 0 Å². The van der Waals surface area contributed by atoms with Crippen molar-refractivity contribution >= 4 is 5.69 Å². The van der Waals surface area contributed by atoms with Gasteiger partial charge in [-0.1, -0.05) is 5.16 Å². The number of aliphatic hydroxyl groups is 1. The van der Waals surface area contributed by atoms with Gasteiger partial charge >= 0.3 is 0 Å². The fraction of sp³-hybridized carbons (Fsp3) is 0.182. The lowest BCUT2D eigenvalue weighted by Crippen LogP contribution is -1.90. The number of aryl methyl sites for hydroxylation is 1. The van der Waals surface area contributed by atoms with Gasteiger partial charge in [-0.2, -0.15) is 0 Å². The van der Waals surface area contributed by atoms with E-state index in [0.29, 0.717) is 22.6 Å². The first-order chi connectivity index (χ1) is 8.13. The van der Waals surface area contributed by atoms with Gasteiger partial charge in [0.15, 0.2) is 0 Å². The summed E-state index contributed by atoms with van der Waals surface area (Å²) in [6.07, 6.45) is 0. The molecule has 0 aliphatic carbocycles. The molecule has 2 aromatic rings.